The SMILES string of the molecule is CO[C@@H]1[C@H](O[Si](c2ccccc2)(c2ccccc2)C(C)(C)C)[C@@H](CON)O[C@H]1n1cnc2c(=O)[nH]c(/N=C/N(C)C)nc21. The third-order valence-electron chi connectivity index (χ3n) is 7.65. The van der Waals surface area contributed by atoms with E-state index < -0.39 is 38.4 Å². The van der Waals surface area contributed by atoms with Gasteiger partial charge < -0.3 is 23.6 Å². The molecule has 0 unspecified atom stereocenters. The number of aliphatic imine (C=N–C) groups is 1. The molecule has 2 aromatic carbocycles. The fourth-order valence-corrected chi connectivity index (χ4v) is 10.5. The predicted octanol–water partition coefficient (Wildman–Crippen LogP) is 2.09. The largest absolute Gasteiger partial charge is 0.399 e. The summed E-state index contributed by atoms with van der Waals surface area (Å²) < 4.78 is 21.8. The van der Waals surface area contributed by atoms with E-state index in [4.69, 9.17) is 24.6 Å². The number of aromatic amines is 1. The first kappa shape index (κ1) is 30.7. The normalized spacial score (nSPS) is 21.2. The number of benzene rings is 2. The van der Waals surface area contributed by atoms with Gasteiger partial charge in [0.05, 0.1) is 19.3 Å². The second-order valence-corrected chi connectivity index (χ2v) is 16.0. The lowest BCUT2D eigenvalue weighted by atomic mass is 10.1. The second kappa shape index (κ2) is 12.5. The Hall–Kier alpha value is -3.72. The molecule has 3 heterocycles. The summed E-state index contributed by atoms with van der Waals surface area (Å²) in [7, 11) is 2.24. The first-order valence-corrected chi connectivity index (χ1v) is 16.0. The smallest absolute Gasteiger partial charge is 0.280 e. The molecule has 0 amide bonds. The fourth-order valence-electron chi connectivity index (χ4n) is 5.78. The Kier molecular flexibility index (Phi) is 8.92. The Morgan fingerprint density at radius 2 is 1.72 bits per heavy atom. The van der Waals surface area contributed by atoms with E-state index in [1.54, 1.807) is 22.9 Å². The van der Waals surface area contributed by atoms with Crippen LogP contribution in [0.4, 0.5) is 5.95 Å². The van der Waals surface area contributed by atoms with Gasteiger partial charge in [0.1, 0.15) is 18.3 Å². The van der Waals surface area contributed by atoms with Crippen molar-refractivity contribution in [1.82, 2.24) is 24.4 Å². The van der Waals surface area contributed by atoms with Crippen molar-refractivity contribution in [3.05, 3.63) is 77.3 Å². The number of nitrogens with two attached hydrogens (primary N) is 1. The molecule has 12 nitrogen and oxygen atoms in total. The van der Waals surface area contributed by atoms with Crippen molar-refractivity contribution in [1.29, 1.82) is 0 Å². The average molecular weight is 606 g/mol. The number of nitrogens with one attached hydrogen (secondary N) is 1. The molecule has 0 radical (unpaired) electrons. The summed E-state index contributed by atoms with van der Waals surface area (Å²) >= 11 is 0. The van der Waals surface area contributed by atoms with Gasteiger partial charge in [-0.15, -0.1) is 0 Å². The van der Waals surface area contributed by atoms with Gasteiger partial charge in [-0.1, -0.05) is 81.4 Å². The van der Waals surface area contributed by atoms with Gasteiger partial charge in [-0.2, -0.15) is 4.98 Å². The molecule has 1 saturated heterocycles. The van der Waals surface area contributed by atoms with Gasteiger partial charge in [0.15, 0.2) is 17.4 Å². The number of aromatic nitrogens is 4. The van der Waals surface area contributed by atoms with Crippen LogP contribution in [-0.2, 0) is 18.7 Å². The molecule has 1 aliphatic heterocycles. The van der Waals surface area contributed by atoms with Gasteiger partial charge in [-0.05, 0) is 15.4 Å². The summed E-state index contributed by atoms with van der Waals surface area (Å²) in [5.74, 6) is 5.76. The van der Waals surface area contributed by atoms with Crippen molar-refractivity contribution in [3.63, 3.8) is 0 Å². The van der Waals surface area contributed by atoms with Crippen LogP contribution in [0.1, 0.15) is 27.0 Å². The molecular weight excluding hydrogens is 566 g/mol. The molecule has 4 aromatic rings. The number of rotatable bonds is 10. The minimum absolute atomic E-state index is 0.0538. The number of hydrogen-bond donors (Lipinski definition) is 2. The average Bonchev–Trinajstić information content (AvgIpc) is 3.56. The molecule has 4 atom stereocenters. The number of ether oxygens (including phenoxy) is 2. The van der Waals surface area contributed by atoms with Crippen molar-refractivity contribution >= 4 is 42.1 Å². The molecule has 1 fully saturated rings. The Labute approximate surface area is 251 Å². The predicted molar refractivity (Wildman–Crippen MR) is 167 cm³/mol. The highest BCUT2D eigenvalue weighted by atomic mass is 28.4. The third kappa shape index (κ3) is 5.79. The lowest BCUT2D eigenvalue weighted by molar-refractivity contribution is -0.0689. The number of imidazole rings is 1. The Morgan fingerprint density at radius 3 is 2.26 bits per heavy atom. The number of nitrogens with zero attached hydrogens (tertiary/aromatic N) is 5. The molecule has 13 heteroatoms. The van der Waals surface area contributed by atoms with Crippen LogP contribution in [0.15, 0.2) is 76.8 Å². The summed E-state index contributed by atoms with van der Waals surface area (Å²) in [6.45, 7) is 6.67. The van der Waals surface area contributed by atoms with Gasteiger partial charge in [0, 0.05) is 21.2 Å². The maximum absolute atomic E-state index is 12.9. The zero-order valence-corrected chi connectivity index (χ0v) is 26.3. The van der Waals surface area contributed by atoms with Crippen LogP contribution in [0.25, 0.3) is 11.2 Å². The van der Waals surface area contributed by atoms with Crippen LogP contribution >= 0.6 is 0 Å². The molecule has 43 heavy (non-hydrogen) atoms. The van der Waals surface area contributed by atoms with E-state index in [9.17, 15) is 4.79 Å². The second-order valence-electron chi connectivity index (χ2n) is 11.8. The standard InChI is InChI=1S/C30H39N7O5Si/c1-30(2,3)43(20-13-9-7-10-14-20,21-15-11-8-12-16-21)42-24-22(17-40-31)41-28(25(24)39-6)37-19-32-23-26(37)34-29(35-27(23)38)33-18-36(4)5/h7-16,18-19,22,24-25,28H,17,31H2,1-6H3,(H,34,35,38)/b33-18+/t22-,24-,25-,28-/m1/s1. The number of methoxy groups -OCH3 is 1. The maximum Gasteiger partial charge on any atom is 0.280 e. The van der Waals surface area contributed by atoms with Gasteiger partial charge in [-0.25, -0.2) is 15.9 Å². The van der Waals surface area contributed by atoms with Crippen molar-refractivity contribution < 1.29 is 18.7 Å². The molecular formula is C30H39N7O5Si. The van der Waals surface area contributed by atoms with Gasteiger partial charge in [0.2, 0.25) is 5.95 Å². The number of fused-ring (bicyclic) bond motifs is 1. The summed E-state index contributed by atoms with van der Waals surface area (Å²) in [5, 5.41) is 1.93. The third-order valence-corrected chi connectivity index (χ3v) is 12.7. The highest BCUT2D eigenvalue weighted by Gasteiger charge is 2.57. The molecule has 5 rings (SSSR count). The number of hydrogen-bond acceptors (Lipinski definition) is 9. The van der Waals surface area contributed by atoms with Crippen molar-refractivity contribution in [2.24, 2.45) is 10.9 Å². The minimum atomic E-state index is -3.03. The zero-order chi connectivity index (χ0) is 30.8. The van der Waals surface area contributed by atoms with Crippen LogP contribution < -0.4 is 21.8 Å². The Balaban J connectivity index is 1.64. The van der Waals surface area contributed by atoms with Crippen LogP contribution in [0.5, 0.6) is 0 Å². The summed E-state index contributed by atoms with van der Waals surface area (Å²) in [5.41, 5.74) is 0.0500. The highest BCUT2D eigenvalue weighted by Crippen LogP contribution is 2.42. The van der Waals surface area contributed by atoms with Gasteiger partial charge in [-0.3, -0.25) is 14.3 Å². The topological polar surface area (TPSA) is 142 Å². The van der Waals surface area contributed by atoms with E-state index in [1.165, 1.54) is 6.33 Å². The van der Waals surface area contributed by atoms with Crippen LogP contribution in [0.2, 0.25) is 5.04 Å². The summed E-state index contributed by atoms with van der Waals surface area (Å²) in [4.78, 5) is 35.6. The van der Waals surface area contributed by atoms with E-state index >= 15 is 0 Å². The molecule has 3 N–H and O–H groups in total. The van der Waals surface area contributed by atoms with Crippen molar-refractivity contribution in [2.75, 3.05) is 27.8 Å². The molecule has 0 bridgehead atoms. The van der Waals surface area contributed by atoms with Crippen molar-refractivity contribution in [2.45, 2.75) is 50.3 Å². The van der Waals surface area contributed by atoms with Crippen LogP contribution in [0, 0.1) is 0 Å². The van der Waals surface area contributed by atoms with E-state index in [-0.39, 0.29) is 23.1 Å². The quantitative estimate of drug-likeness (QED) is 0.120. The van der Waals surface area contributed by atoms with Crippen molar-refractivity contribution in [3.8, 4) is 0 Å². The number of H-pyrrole nitrogens is 1. The first-order chi connectivity index (χ1) is 20.6. The fraction of sp³-hybridized carbons (Fsp3) is 0.400. The maximum atomic E-state index is 12.9. The molecule has 1 aliphatic rings. The highest BCUT2D eigenvalue weighted by molar-refractivity contribution is 6.99. The van der Waals surface area contributed by atoms with E-state index in [1.807, 2.05) is 50.5 Å². The molecule has 228 valence electrons. The summed E-state index contributed by atoms with van der Waals surface area (Å²) in [6, 6.07) is 20.7. The Bertz CT molecular complexity index is 1560. The monoisotopic (exact) mass is 605 g/mol. The van der Waals surface area contributed by atoms with E-state index in [0.717, 1.165) is 10.4 Å². The summed E-state index contributed by atoms with van der Waals surface area (Å²) in [6.07, 6.45) is 0.487. The van der Waals surface area contributed by atoms with Gasteiger partial charge >= 0.3 is 0 Å². The van der Waals surface area contributed by atoms with E-state index in [0.29, 0.717) is 5.65 Å². The zero-order valence-electron chi connectivity index (χ0n) is 25.3. The lowest BCUT2D eigenvalue weighted by Crippen LogP contribution is -2.69. The molecule has 2 aromatic heterocycles. The first-order valence-electron chi connectivity index (χ1n) is 14.1. The minimum Gasteiger partial charge on any atom is -0.399 e. The lowest BCUT2D eigenvalue weighted by Gasteiger charge is -2.45. The Morgan fingerprint density at radius 1 is 1.09 bits per heavy atom. The van der Waals surface area contributed by atoms with Gasteiger partial charge in [0.25, 0.3) is 13.9 Å². The molecule has 0 aliphatic carbocycles. The molecule has 0 spiro atoms. The van der Waals surface area contributed by atoms with Crippen LogP contribution in [0.3, 0.4) is 0 Å². The van der Waals surface area contributed by atoms with E-state index in [2.05, 4.69) is 65.0 Å². The molecule has 0 saturated carbocycles. The van der Waals surface area contributed by atoms with Crippen LogP contribution in [-0.4, -0.2) is 85.2 Å².